The molecule has 124 valence electrons. The minimum absolute atomic E-state index is 0.202. The summed E-state index contributed by atoms with van der Waals surface area (Å²) < 4.78 is 16.0. The quantitative estimate of drug-likeness (QED) is 0.629. The van der Waals surface area contributed by atoms with Crippen LogP contribution in [0.2, 0.25) is 0 Å². The summed E-state index contributed by atoms with van der Waals surface area (Å²) in [6.45, 7) is 0. The molecule has 0 aliphatic carbocycles. The van der Waals surface area contributed by atoms with Crippen LogP contribution < -0.4 is 10.6 Å². The lowest BCUT2D eigenvalue weighted by Gasteiger charge is -2.05. The first-order valence-corrected chi connectivity index (χ1v) is 9.11. The summed E-state index contributed by atoms with van der Waals surface area (Å²) in [7, 11) is 0. The number of hydrogen-bond acceptors (Lipinski definition) is 4. The van der Waals surface area contributed by atoms with E-state index in [9.17, 15) is 14.3 Å². The van der Waals surface area contributed by atoms with Gasteiger partial charge in [0.25, 0.3) is 5.91 Å². The summed E-state index contributed by atoms with van der Waals surface area (Å²) in [4.78, 5) is 16.7. The zero-order valence-electron chi connectivity index (χ0n) is 12.4. The van der Waals surface area contributed by atoms with Crippen molar-refractivity contribution in [2.45, 2.75) is 0 Å². The molecule has 0 spiro atoms. The molecular weight excluding hydrogens is 427 g/mol. The Kier molecular flexibility index (Phi) is 3.90. The first-order chi connectivity index (χ1) is 12.0. The van der Waals surface area contributed by atoms with E-state index in [1.807, 2.05) is 0 Å². The average Bonchev–Trinajstić information content (AvgIpc) is 3.02. The third-order valence-electron chi connectivity index (χ3n) is 3.74. The fourth-order valence-corrected chi connectivity index (χ4v) is 4.42. The summed E-state index contributed by atoms with van der Waals surface area (Å²) in [6, 6.07) is 11.0. The highest BCUT2D eigenvalue weighted by atomic mass is 79.9. The van der Waals surface area contributed by atoms with Crippen molar-refractivity contribution in [2.24, 2.45) is 4.99 Å². The lowest BCUT2D eigenvalue weighted by Crippen LogP contribution is -2.22. The molecule has 1 amide bonds. The molecule has 1 aromatic heterocycles. The zero-order chi connectivity index (χ0) is 17.7. The normalized spacial score (nSPS) is 13.0. The Morgan fingerprint density at radius 2 is 2.04 bits per heavy atom. The van der Waals surface area contributed by atoms with E-state index in [1.165, 1.54) is 22.8 Å². The molecule has 2 heterocycles. The van der Waals surface area contributed by atoms with Crippen molar-refractivity contribution >= 4 is 51.0 Å². The van der Waals surface area contributed by atoms with E-state index >= 15 is 0 Å². The van der Waals surface area contributed by atoms with Gasteiger partial charge < -0.3 is 5.11 Å². The monoisotopic (exact) mass is 434 g/mol. The molecule has 0 saturated heterocycles. The first-order valence-electron chi connectivity index (χ1n) is 7.10. The number of benzene rings is 2. The van der Waals surface area contributed by atoms with Gasteiger partial charge in [0.15, 0.2) is 3.95 Å². The number of aromatic hydroxyl groups is 1. The molecule has 0 fully saturated rings. The molecule has 0 saturated carbocycles. The Labute approximate surface area is 158 Å². The average molecular weight is 435 g/mol. The van der Waals surface area contributed by atoms with Crippen LogP contribution in [0.15, 0.2) is 51.9 Å². The fourth-order valence-electron chi connectivity index (χ4n) is 2.68. The number of nitrogens with zero attached hydrogens (tertiary/aromatic N) is 2. The van der Waals surface area contributed by atoms with Gasteiger partial charge >= 0.3 is 0 Å². The molecule has 25 heavy (non-hydrogen) atoms. The summed E-state index contributed by atoms with van der Waals surface area (Å²) in [5, 5.41) is 11.8. The van der Waals surface area contributed by atoms with Crippen molar-refractivity contribution in [3.8, 4) is 11.6 Å². The largest absolute Gasteiger partial charge is 0.493 e. The lowest BCUT2D eigenvalue weighted by atomic mass is 10.1. The number of aromatic nitrogens is 1. The molecular formula is C17H8BrFN2O2S2. The molecule has 0 atom stereocenters. The summed E-state index contributed by atoms with van der Waals surface area (Å²) in [5.41, 5.74) is 0.683. The number of rotatable bonds is 2. The molecule has 4 rings (SSSR count). The second-order valence-electron chi connectivity index (χ2n) is 5.29. The number of amides is 1. The van der Waals surface area contributed by atoms with Crippen LogP contribution in [0.4, 0.5) is 4.39 Å². The Morgan fingerprint density at radius 3 is 2.80 bits per heavy atom. The van der Waals surface area contributed by atoms with Gasteiger partial charge in [-0.3, -0.25) is 9.36 Å². The van der Waals surface area contributed by atoms with Gasteiger partial charge in [0.05, 0.1) is 16.6 Å². The van der Waals surface area contributed by atoms with E-state index in [-0.39, 0.29) is 5.88 Å². The van der Waals surface area contributed by atoms with Crippen molar-refractivity contribution in [3.63, 3.8) is 0 Å². The second-order valence-corrected chi connectivity index (χ2v) is 7.85. The van der Waals surface area contributed by atoms with Crippen LogP contribution in [-0.4, -0.2) is 15.6 Å². The third-order valence-corrected chi connectivity index (χ3v) is 5.62. The van der Waals surface area contributed by atoms with Gasteiger partial charge in [0.2, 0.25) is 5.88 Å². The number of carbonyl (C=O) groups excluding carboxylic acids is 1. The van der Waals surface area contributed by atoms with E-state index in [0.717, 1.165) is 15.8 Å². The number of carbonyl (C=O) groups is 1. The Hall–Kier alpha value is -2.16. The van der Waals surface area contributed by atoms with Gasteiger partial charge in [-0.15, -0.1) is 11.3 Å². The van der Waals surface area contributed by atoms with Crippen molar-refractivity contribution in [3.05, 3.63) is 72.2 Å². The van der Waals surface area contributed by atoms with Crippen LogP contribution in [0, 0.1) is 9.77 Å². The van der Waals surface area contributed by atoms with E-state index in [4.69, 9.17) is 12.2 Å². The van der Waals surface area contributed by atoms with Crippen LogP contribution in [0.5, 0.6) is 5.88 Å². The summed E-state index contributed by atoms with van der Waals surface area (Å²) in [5.74, 6) is -1.08. The van der Waals surface area contributed by atoms with Crippen molar-refractivity contribution < 1.29 is 14.3 Å². The van der Waals surface area contributed by atoms with Gasteiger partial charge in [-0.1, -0.05) is 22.0 Å². The number of hydrogen-bond donors (Lipinski definition) is 1. The van der Waals surface area contributed by atoms with Crippen LogP contribution in [-0.2, 0) is 4.79 Å². The zero-order valence-corrected chi connectivity index (χ0v) is 15.6. The highest BCUT2D eigenvalue weighted by Gasteiger charge is 2.25. The first kappa shape index (κ1) is 16.3. The highest BCUT2D eigenvalue weighted by molar-refractivity contribution is 9.10. The summed E-state index contributed by atoms with van der Waals surface area (Å²) in [6.07, 6.45) is 0. The highest BCUT2D eigenvalue weighted by Crippen LogP contribution is 2.35. The molecule has 8 heteroatoms. The van der Waals surface area contributed by atoms with Gasteiger partial charge in [-0.2, -0.15) is 0 Å². The molecule has 0 radical (unpaired) electrons. The molecule has 1 N–H and O–H groups in total. The summed E-state index contributed by atoms with van der Waals surface area (Å²) >= 11 is 9.78. The lowest BCUT2D eigenvalue weighted by molar-refractivity contribution is -0.112. The fraction of sp³-hybridized carbons (Fsp3) is 0. The van der Waals surface area contributed by atoms with Crippen molar-refractivity contribution in [2.75, 3.05) is 0 Å². The predicted octanol–water partition coefficient (Wildman–Crippen LogP) is 3.23. The maximum Gasteiger partial charge on any atom is 0.279 e. The SMILES string of the molecule is O=C1N=c2ccc(Br)cc2=C1c1sc(=S)n(-c2cccc(F)c2)c1O. The molecule has 1 aliphatic rings. The molecule has 2 aromatic carbocycles. The van der Waals surface area contributed by atoms with Crippen LogP contribution >= 0.6 is 39.5 Å². The second kappa shape index (κ2) is 5.98. The van der Waals surface area contributed by atoms with Gasteiger partial charge in [-0.05, 0) is 48.6 Å². The van der Waals surface area contributed by atoms with E-state index < -0.39 is 11.7 Å². The van der Waals surface area contributed by atoms with Crippen molar-refractivity contribution in [1.29, 1.82) is 0 Å². The number of fused-ring (bicyclic) bond motifs is 1. The maximum absolute atomic E-state index is 13.5. The minimum Gasteiger partial charge on any atom is -0.493 e. The Bertz CT molecular complexity index is 1230. The van der Waals surface area contributed by atoms with Gasteiger partial charge in [0, 0.05) is 9.69 Å². The standard InChI is InChI=1S/C17H8BrFN2O2S2/c18-8-4-5-12-11(6-8)13(15(22)20-12)14-16(23)21(17(24)25-14)10-3-1-2-9(19)7-10/h1-7,23H. The van der Waals surface area contributed by atoms with Crippen molar-refractivity contribution in [1.82, 2.24) is 4.57 Å². The van der Waals surface area contributed by atoms with Crippen LogP contribution in [0.3, 0.4) is 0 Å². The number of halogens is 2. The third kappa shape index (κ3) is 2.66. The minimum atomic E-state index is -0.444. The molecule has 1 aliphatic heterocycles. The predicted molar refractivity (Wildman–Crippen MR) is 98.5 cm³/mol. The van der Waals surface area contributed by atoms with Gasteiger partial charge in [-0.25, -0.2) is 9.38 Å². The van der Waals surface area contributed by atoms with E-state index in [0.29, 0.717) is 30.7 Å². The van der Waals surface area contributed by atoms with E-state index in [2.05, 4.69) is 20.9 Å². The van der Waals surface area contributed by atoms with E-state index in [1.54, 1.807) is 24.3 Å². The number of thiazole rings is 1. The Balaban J connectivity index is 2.02. The maximum atomic E-state index is 13.5. The molecule has 0 unspecified atom stereocenters. The molecule has 0 bridgehead atoms. The smallest absolute Gasteiger partial charge is 0.279 e. The molecule has 3 aromatic rings. The van der Waals surface area contributed by atoms with Crippen LogP contribution in [0.25, 0.3) is 11.3 Å². The van der Waals surface area contributed by atoms with Crippen LogP contribution in [0.1, 0.15) is 4.88 Å². The Morgan fingerprint density at radius 1 is 1.24 bits per heavy atom. The topological polar surface area (TPSA) is 54.6 Å². The van der Waals surface area contributed by atoms with Gasteiger partial charge in [0.1, 0.15) is 10.7 Å². The molecule has 4 nitrogen and oxygen atoms in total.